The van der Waals surface area contributed by atoms with Gasteiger partial charge in [-0.2, -0.15) is 14.6 Å². The normalized spacial score (nSPS) is 10.9. The van der Waals surface area contributed by atoms with E-state index in [2.05, 4.69) is 15.5 Å². The molecule has 2 aromatic heterocycles. The Balaban J connectivity index is 2.04. The van der Waals surface area contributed by atoms with Crippen molar-refractivity contribution in [2.75, 3.05) is 12.0 Å². The van der Waals surface area contributed by atoms with E-state index >= 15 is 0 Å². The smallest absolute Gasteiger partial charge is 0.216 e. The molecule has 1 N–H and O–H groups in total. The van der Waals surface area contributed by atoms with Crippen molar-refractivity contribution < 1.29 is 8.78 Å². The SMILES string of the molecule is CCn1ncc(CNc2cnn(CCF)c2C)c1F. The van der Waals surface area contributed by atoms with E-state index in [0.29, 0.717) is 18.7 Å². The molecule has 0 atom stereocenters. The van der Waals surface area contributed by atoms with Gasteiger partial charge in [-0.15, -0.1) is 0 Å². The summed E-state index contributed by atoms with van der Waals surface area (Å²) in [5.41, 5.74) is 2.11. The molecule has 0 fully saturated rings. The van der Waals surface area contributed by atoms with Gasteiger partial charge in [-0.3, -0.25) is 4.68 Å². The molecule has 104 valence electrons. The zero-order chi connectivity index (χ0) is 13.8. The Bertz CT molecular complexity index is 546. The topological polar surface area (TPSA) is 47.7 Å². The first-order valence-electron chi connectivity index (χ1n) is 6.19. The van der Waals surface area contributed by atoms with Crippen LogP contribution in [0.2, 0.25) is 0 Å². The molecule has 0 unspecified atom stereocenters. The highest BCUT2D eigenvalue weighted by Gasteiger charge is 2.10. The largest absolute Gasteiger partial charge is 0.378 e. The van der Waals surface area contributed by atoms with Crippen LogP contribution in [-0.2, 0) is 19.6 Å². The molecule has 0 aliphatic carbocycles. The standard InChI is InChI=1S/C12H17F2N5/c1-3-18-12(14)10(7-16-18)6-15-11-8-17-19(5-4-13)9(11)2/h7-8,15H,3-6H2,1-2H3. The summed E-state index contributed by atoms with van der Waals surface area (Å²) in [6, 6.07) is 0. The molecule has 5 nitrogen and oxygen atoms in total. The van der Waals surface area contributed by atoms with Crippen LogP contribution >= 0.6 is 0 Å². The minimum absolute atomic E-state index is 0.232. The van der Waals surface area contributed by atoms with Crippen LogP contribution in [0.1, 0.15) is 18.2 Å². The van der Waals surface area contributed by atoms with Gasteiger partial charge in [0.25, 0.3) is 0 Å². The molecular weight excluding hydrogens is 252 g/mol. The predicted molar refractivity (Wildman–Crippen MR) is 68.1 cm³/mol. The second-order valence-electron chi connectivity index (χ2n) is 4.19. The molecule has 0 saturated carbocycles. The fraction of sp³-hybridized carbons (Fsp3) is 0.500. The third kappa shape index (κ3) is 2.74. The van der Waals surface area contributed by atoms with Crippen molar-refractivity contribution in [3.05, 3.63) is 29.6 Å². The molecular formula is C12H17F2N5. The molecule has 0 saturated heterocycles. The van der Waals surface area contributed by atoms with Crippen molar-refractivity contribution >= 4 is 5.69 Å². The summed E-state index contributed by atoms with van der Waals surface area (Å²) >= 11 is 0. The summed E-state index contributed by atoms with van der Waals surface area (Å²) in [6.07, 6.45) is 3.13. The van der Waals surface area contributed by atoms with Gasteiger partial charge in [0.2, 0.25) is 5.95 Å². The number of anilines is 1. The maximum Gasteiger partial charge on any atom is 0.216 e. The molecule has 0 aliphatic rings. The maximum absolute atomic E-state index is 13.8. The number of hydrogen-bond donors (Lipinski definition) is 1. The quantitative estimate of drug-likeness (QED) is 0.874. The third-order valence-electron chi connectivity index (χ3n) is 3.01. The van der Waals surface area contributed by atoms with Crippen LogP contribution in [0, 0.1) is 12.9 Å². The van der Waals surface area contributed by atoms with Crippen LogP contribution in [0.3, 0.4) is 0 Å². The van der Waals surface area contributed by atoms with E-state index < -0.39 is 6.67 Å². The van der Waals surface area contributed by atoms with E-state index in [0.717, 1.165) is 11.4 Å². The monoisotopic (exact) mass is 269 g/mol. The average molecular weight is 269 g/mol. The summed E-state index contributed by atoms with van der Waals surface area (Å²) in [7, 11) is 0. The minimum Gasteiger partial charge on any atom is -0.378 e. The molecule has 0 bridgehead atoms. The molecule has 19 heavy (non-hydrogen) atoms. The van der Waals surface area contributed by atoms with Gasteiger partial charge in [0, 0.05) is 18.7 Å². The van der Waals surface area contributed by atoms with Gasteiger partial charge in [0.1, 0.15) is 6.67 Å². The fourth-order valence-electron chi connectivity index (χ4n) is 1.86. The predicted octanol–water partition coefficient (Wildman–Crippen LogP) is 2.13. The number of nitrogens with one attached hydrogen (secondary N) is 1. The second-order valence-corrected chi connectivity index (χ2v) is 4.19. The van der Waals surface area contributed by atoms with E-state index in [9.17, 15) is 8.78 Å². The van der Waals surface area contributed by atoms with Crippen molar-refractivity contribution in [2.45, 2.75) is 33.5 Å². The molecule has 0 aromatic carbocycles. The highest BCUT2D eigenvalue weighted by atomic mass is 19.1. The first kappa shape index (κ1) is 13.5. The van der Waals surface area contributed by atoms with Crippen molar-refractivity contribution in [3.8, 4) is 0 Å². The highest BCUT2D eigenvalue weighted by molar-refractivity contribution is 5.46. The molecule has 0 aliphatic heterocycles. The summed E-state index contributed by atoms with van der Waals surface area (Å²) in [4.78, 5) is 0. The number of halogens is 2. The molecule has 2 heterocycles. The van der Waals surface area contributed by atoms with E-state index in [1.165, 1.54) is 10.9 Å². The Labute approximate surface area is 110 Å². The van der Waals surface area contributed by atoms with Crippen LogP contribution in [0.5, 0.6) is 0 Å². The van der Waals surface area contributed by atoms with Crippen molar-refractivity contribution in [1.29, 1.82) is 0 Å². The molecule has 2 aromatic rings. The van der Waals surface area contributed by atoms with Crippen molar-refractivity contribution in [3.63, 3.8) is 0 Å². The third-order valence-corrected chi connectivity index (χ3v) is 3.01. The van der Waals surface area contributed by atoms with E-state index in [4.69, 9.17) is 0 Å². The summed E-state index contributed by atoms with van der Waals surface area (Å²) in [6.45, 7) is 4.28. The highest BCUT2D eigenvalue weighted by Crippen LogP contribution is 2.16. The first-order chi connectivity index (χ1) is 9.17. The zero-order valence-electron chi connectivity index (χ0n) is 11.0. The van der Waals surface area contributed by atoms with Crippen LogP contribution in [0.15, 0.2) is 12.4 Å². The average Bonchev–Trinajstić information content (AvgIpc) is 2.93. The Hall–Kier alpha value is -1.92. The number of aromatic nitrogens is 4. The van der Waals surface area contributed by atoms with Crippen LogP contribution in [0.25, 0.3) is 0 Å². The van der Waals surface area contributed by atoms with Gasteiger partial charge >= 0.3 is 0 Å². The minimum atomic E-state index is -0.458. The number of rotatable bonds is 6. The van der Waals surface area contributed by atoms with Crippen LogP contribution < -0.4 is 5.32 Å². The Kier molecular flexibility index (Phi) is 4.13. The zero-order valence-corrected chi connectivity index (χ0v) is 11.0. The van der Waals surface area contributed by atoms with Gasteiger partial charge in [0.15, 0.2) is 0 Å². The fourth-order valence-corrected chi connectivity index (χ4v) is 1.86. The Morgan fingerprint density at radius 1 is 1.26 bits per heavy atom. The molecule has 0 spiro atoms. The van der Waals surface area contributed by atoms with Gasteiger partial charge < -0.3 is 5.32 Å². The van der Waals surface area contributed by atoms with E-state index in [-0.39, 0.29) is 12.5 Å². The van der Waals surface area contributed by atoms with Crippen molar-refractivity contribution in [1.82, 2.24) is 19.6 Å². The van der Waals surface area contributed by atoms with E-state index in [1.54, 1.807) is 10.9 Å². The van der Waals surface area contributed by atoms with Crippen LogP contribution in [0.4, 0.5) is 14.5 Å². The second kappa shape index (κ2) is 5.81. The Morgan fingerprint density at radius 2 is 2.00 bits per heavy atom. The van der Waals surface area contributed by atoms with Crippen molar-refractivity contribution in [2.24, 2.45) is 0 Å². The van der Waals surface area contributed by atoms with Gasteiger partial charge in [-0.05, 0) is 13.8 Å². The summed E-state index contributed by atoms with van der Waals surface area (Å²) < 4.78 is 28.9. The molecule has 7 heteroatoms. The van der Waals surface area contributed by atoms with Gasteiger partial charge in [-0.1, -0.05) is 0 Å². The molecule has 0 radical (unpaired) electrons. The lowest BCUT2D eigenvalue weighted by molar-refractivity contribution is 0.423. The Morgan fingerprint density at radius 3 is 2.63 bits per heavy atom. The first-order valence-corrected chi connectivity index (χ1v) is 6.19. The summed E-state index contributed by atoms with van der Waals surface area (Å²) in [5.74, 6) is -0.330. The maximum atomic E-state index is 13.8. The molecule has 2 rings (SSSR count). The van der Waals surface area contributed by atoms with Gasteiger partial charge in [0.05, 0.1) is 30.3 Å². The van der Waals surface area contributed by atoms with Gasteiger partial charge in [-0.25, -0.2) is 9.07 Å². The lowest BCUT2D eigenvalue weighted by atomic mass is 10.3. The number of aryl methyl sites for hydroxylation is 2. The number of hydrogen-bond acceptors (Lipinski definition) is 3. The van der Waals surface area contributed by atoms with Crippen LogP contribution in [-0.4, -0.2) is 26.2 Å². The summed E-state index contributed by atoms with van der Waals surface area (Å²) in [5, 5.41) is 11.1. The number of alkyl halides is 1. The molecule has 0 amide bonds. The lowest BCUT2D eigenvalue weighted by Crippen LogP contribution is -2.06. The number of nitrogens with zero attached hydrogens (tertiary/aromatic N) is 4. The van der Waals surface area contributed by atoms with E-state index in [1.807, 2.05) is 13.8 Å². The lowest BCUT2D eigenvalue weighted by Gasteiger charge is -2.05.